The topological polar surface area (TPSA) is 89.3 Å². The van der Waals surface area contributed by atoms with Crippen LogP contribution < -0.4 is 0 Å². The Labute approximate surface area is 185 Å². The van der Waals surface area contributed by atoms with Crippen LogP contribution in [0.25, 0.3) is 21.8 Å². The van der Waals surface area contributed by atoms with E-state index < -0.39 is 32.8 Å². The van der Waals surface area contributed by atoms with Crippen molar-refractivity contribution in [1.82, 2.24) is 14.5 Å². The first-order valence-electron chi connectivity index (χ1n) is 10.1. The Morgan fingerprint density at radius 2 is 1.66 bits per heavy atom. The number of amides is 2. The molecule has 32 heavy (non-hydrogen) atoms. The molecule has 1 atom stereocenters. The van der Waals surface area contributed by atoms with Crippen LogP contribution in [0.4, 0.5) is 0 Å². The molecule has 1 unspecified atom stereocenters. The Kier molecular flexibility index (Phi) is 4.29. The molecule has 1 aliphatic rings. The number of fused-ring (bicyclic) bond motifs is 4. The predicted molar refractivity (Wildman–Crippen MR) is 121 cm³/mol. The van der Waals surface area contributed by atoms with E-state index in [-0.39, 0.29) is 4.90 Å². The van der Waals surface area contributed by atoms with Crippen LogP contribution >= 0.6 is 0 Å². The fraction of sp³-hybridized carbons (Fsp3) is 0.208. The number of benzene rings is 2. The second-order valence-corrected chi connectivity index (χ2v) is 10.3. The number of hydrogen-bond acceptors (Lipinski definition) is 5. The number of aryl methyl sites for hydroxylation is 1. The number of likely N-dealkylation sites (N-methyl/N-ethyl adjacent to an activating group) is 1. The van der Waals surface area contributed by atoms with E-state index in [9.17, 15) is 18.0 Å². The van der Waals surface area contributed by atoms with Crippen molar-refractivity contribution < 1.29 is 18.0 Å². The molecule has 7 nitrogen and oxygen atoms in total. The number of imide groups is 1. The summed E-state index contributed by atoms with van der Waals surface area (Å²) in [7, 11) is -0.759. The second-order valence-electron chi connectivity index (χ2n) is 8.39. The van der Waals surface area contributed by atoms with E-state index in [1.165, 1.54) is 13.1 Å². The van der Waals surface area contributed by atoms with Gasteiger partial charge in [0.25, 0.3) is 5.91 Å². The summed E-state index contributed by atoms with van der Waals surface area (Å²) in [5.74, 6) is -1.43. The van der Waals surface area contributed by atoms with Gasteiger partial charge in [-0.25, -0.2) is 8.42 Å². The first-order valence-corrected chi connectivity index (χ1v) is 11.8. The normalized spacial score (nSPS) is 19.0. The number of carbonyl (C=O) groups excluding carboxylic acids is 2. The van der Waals surface area contributed by atoms with Crippen molar-refractivity contribution >= 4 is 43.5 Å². The lowest BCUT2D eigenvalue weighted by Crippen LogP contribution is -2.54. The van der Waals surface area contributed by atoms with E-state index in [4.69, 9.17) is 0 Å². The molecular weight excluding hydrogens is 426 g/mol. The highest BCUT2D eigenvalue weighted by Gasteiger charge is 2.52. The van der Waals surface area contributed by atoms with Crippen molar-refractivity contribution in [3.8, 4) is 0 Å². The fourth-order valence-corrected chi connectivity index (χ4v) is 6.89. The molecule has 3 heterocycles. The molecule has 0 N–H and O–H groups in total. The van der Waals surface area contributed by atoms with E-state index >= 15 is 0 Å². The maximum absolute atomic E-state index is 13.7. The van der Waals surface area contributed by atoms with Crippen LogP contribution in [0.5, 0.6) is 0 Å². The van der Waals surface area contributed by atoms with Gasteiger partial charge in [0.05, 0.1) is 21.7 Å². The Morgan fingerprint density at radius 3 is 2.44 bits per heavy atom. The third kappa shape index (κ3) is 2.65. The number of hydrogen-bond donors (Lipinski definition) is 0. The third-order valence-corrected chi connectivity index (χ3v) is 8.33. The zero-order valence-corrected chi connectivity index (χ0v) is 18.7. The van der Waals surface area contributed by atoms with Crippen LogP contribution in [0.3, 0.4) is 0 Å². The highest BCUT2D eigenvalue weighted by Crippen LogP contribution is 2.41. The molecule has 2 amide bonds. The zero-order chi connectivity index (χ0) is 22.8. The van der Waals surface area contributed by atoms with Gasteiger partial charge in [-0.2, -0.15) is 0 Å². The molecule has 5 rings (SSSR count). The Bertz CT molecular complexity index is 1550. The minimum Gasteiger partial charge on any atom is -0.346 e. The maximum Gasteiger partial charge on any atom is 0.262 e. The summed E-state index contributed by atoms with van der Waals surface area (Å²) in [5, 5.41) is 1.20. The van der Waals surface area contributed by atoms with E-state index in [1.54, 1.807) is 49.0 Å². The number of aromatic nitrogens is 2. The molecule has 0 saturated heterocycles. The molecule has 162 valence electrons. The summed E-state index contributed by atoms with van der Waals surface area (Å²) < 4.78 is 29.2. The molecule has 8 heteroatoms. The highest BCUT2D eigenvalue weighted by atomic mass is 32.2. The Hall–Kier alpha value is -3.52. The molecule has 0 radical (unpaired) electrons. The number of pyridine rings is 1. The van der Waals surface area contributed by atoms with Gasteiger partial charge >= 0.3 is 0 Å². The molecule has 2 aromatic heterocycles. The standard InChI is InChI=1S/C24H21N3O4S/c1-24(14-32(30,31)19-12-6-10-17-15(19)9-7-13-25-17)21-20(22(28)27(3)23(24)29)16-8-4-5-11-18(16)26(21)2/h4-13H,14H2,1-3H3. The Balaban J connectivity index is 1.76. The lowest BCUT2D eigenvalue weighted by molar-refractivity contribution is -0.133. The van der Waals surface area contributed by atoms with Crippen LogP contribution in [0, 0.1) is 0 Å². The molecule has 0 aliphatic carbocycles. The minimum absolute atomic E-state index is 0.122. The molecule has 2 aromatic carbocycles. The van der Waals surface area contributed by atoms with Crippen molar-refractivity contribution in [2.45, 2.75) is 17.2 Å². The summed E-state index contributed by atoms with van der Waals surface area (Å²) in [6, 6.07) is 15.7. The van der Waals surface area contributed by atoms with Crippen molar-refractivity contribution in [2.24, 2.45) is 7.05 Å². The lowest BCUT2D eigenvalue weighted by Gasteiger charge is -2.37. The maximum atomic E-state index is 13.7. The van der Waals surface area contributed by atoms with Gasteiger partial charge in [-0.1, -0.05) is 24.3 Å². The van der Waals surface area contributed by atoms with Crippen LogP contribution in [-0.4, -0.2) is 47.5 Å². The van der Waals surface area contributed by atoms with Gasteiger partial charge in [0.2, 0.25) is 5.91 Å². The second kappa shape index (κ2) is 6.74. The summed E-state index contributed by atoms with van der Waals surface area (Å²) >= 11 is 0. The number of rotatable bonds is 3. The molecule has 0 bridgehead atoms. The Morgan fingerprint density at radius 1 is 0.938 bits per heavy atom. The third-order valence-electron chi connectivity index (χ3n) is 6.34. The molecule has 0 fully saturated rings. The van der Waals surface area contributed by atoms with Crippen LogP contribution in [0.15, 0.2) is 65.7 Å². The van der Waals surface area contributed by atoms with Crippen molar-refractivity contribution in [3.63, 3.8) is 0 Å². The first kappa shape index (κ1) is 20.4. The number of nitrogens with zero attached hydrogens (tertiary/aromatic N) is 3. The number of carbonyl (C=O) groups is 2. The van der Waals surface area contributed by atoms with Crippen molar-refractivity contribution in [2.75, 3.05) is 12.8 Å². The van der Waals surface area contributed by atoms with Crippen LogP contribution in [-0.2, 0) is 27.1 Å². The monoisotopic (exact) mass is 447 g/mol. The first-order chi connectivity index (χ1) is 15.2. The molecule has 0 saturated carbocycles. The quantitative estimate of drug-likeness (QED) is 0.450. The van der Waals surface area contributed by atoms with Gasteiger partial charge in [-0.15, -0.1) is 0 Å². The van der Waals surface area contributed by atoms with Crippen molar-refractivity contribution in [1.29, 1.82) is 0 Å². The average Bonchev–Trinajstić information content (AvgIpc) is 3.09. The van der Waals surface area contributed by atoms with Gasteiger partial charge in [0.1, 0.15) is 5.41 Å². The van der Waals surface area contributed by atoms with Gasteiger partial charge in [-0.05, 0) is 37.3 Å². The van der Waals surface area contributed by atoms with Gasteiger partial charge in [-0.3, -0.25) is 19.5 Å². The van der Waals surface area contributed by atoms with Crippen LogP contribution in [0.1, 0.15) is 23.0 Å². The lowest BCUT2D eigenvalue weighted by atomic mass is 9.81. The number of sulfone groups is 1. The largest absolute Gasteiger partial charge is 0.346 e. The van der Waals surface area contributed by atoms with E-state index in [0.717, 1.165) is 10.4 Å². The zero-order valence-electron chi connectivity index (χ0n) is 17.9. The fourth-order valence-electron chi connectivity index (χ4n) is 4.92. The van der Waals surface area contributed by atoms with Gasteiger partial charge < -0.3 is 4.57 Å². The smallest absolute Gasteiger partial charge is 0.262 e. The SMILES string of the molecule is CN1C(=O)c2c(n(C)c3ccccc23)C(C)(CS(=O)(=O)c2cccc3ncccc23)C1=O. The predicted octanol–water partition coefficient (Wildman–Crippen LogP) is 3.07. The average molecular weight is 448 g/mol. The summed E-state index contributed by atoms with van der Waals surface area (Å²) in [5.41, 5.74) is 0.684. The van der Waals surface area contributed by atoms with E-state index in [1.807, 2.05) is 24.3 Å². The molecule has 1 aliphatic heterocycles. The van der Waals surface area contributed by atoms with Crippen molar-refractivity contribution in [3.05, 3.63) is 72.1 Å². The molecular formula is C24H21N3O4S. The summed E-state index contributed by atoms with van der Waals surface area (Å²) in [4.78, 5) is 31.9. The molecule has 0 spiro atoms. The van der Waals surface area contributed by atoms with Crippen LogP contribution in [0.2, 0.25) is 0 Å². The minimum atomic E-state index is -3.93. The summed E-state index contributed by atoms with van der Waals surface area (Å²) in [6.07, 6.45) is 1.60. The number of para-hydroxylation sites is 1. The van der Waals surface area contributed by atoms with E-state index in [0.29, 0.717) is 27.5 Å². The van der Waals surface area contributed by atoms with Gasteiger partial charge in [0, 0.05) is 42.3 Å². The molecule has 4 aromatic rings. The van der Waals surface area contributed by atoms with Gasteiger partial charge in [0.15, 0.2) is 9.84 Å². The summed E-state index contributed by atoms with van der Waals surface area (Å²) in [6.45, 7) is 1.61. The highest BCUT2D eigenvalue weighted by molar-refractivity contribution is 7.91. The van der Waals surface area contributed by atoms with E-state index in [2.05, 4.69) is 4.98 Å².